The van der Waals surface area contributed by atoms with Crippen molar-refractivity contribution >= 4 is 39.1 Å². The van der Waals surface area contributed by atoms with Gasteiger partial charge in [0.15, 0.2) is 0 Å². The van der Waals surface area contributed by atoms with Crippen LogP contribution in [0.1, 0.15) is 30.4 Å². The van der Waals surface area contributed by atoms with Crippen molar-refractivity contribution in [2.24, 2.45) is 11.7 Å². The maximum Gasteiger partial charge on any atom is 0.264 e. The van der Waals surface area contributed by atoms with Gasteiger partial charge in [-0.3, -0.25) is 13.9 Å². The summed E-state index contributed by atoms with van der Waals surface area (Å²) in [6.45, 7) is 4.69. The summed E-state index contributed by atoms with van der Waals surface area (Å²) in [5.74, 6) is -0.697. The van der Waals surface area contributed by atoms with Gasteiger partial charge in [-0.2, -0.15) is 0 Å². The molecule has 2 N–H and O–H groups in total. The van der Waals surface area contributed by atoms with Crippen LogP contribution in [0.2, 0.25) is 5.02 Å². The standard InChI is InChI=1S/C23H28ClN3O4S/c1-16-13-17(2)15-20(14-16)27(32(30,31)21-5-3-19(24)4-6-21)12-9-22(28)26-10-7-18(8-11-26)23(25)29/h3-6,13-15,18H,7-12H2,1-2H3,(H2,25,29). The number of carbonyl (C=O) groups is 2. The average Bonchev–Trinajstić information content (AvgIpc) is 2.73. The van der Waals surface area contributed by atoms with Crippen LogP contribution in [-0.4, -0.2) is 44.8 Å². The number of likely N-dealkylation sites (tertiary alicyclic amines) is 1. The molecule has 0 bridgehead atoms. The number of rotatable bonds is 7. The molecule has 1 fully saturated rings. The molecule has 2 amide bonds. The molecule has 0 atom stereocenters. The monoisotopic (exact) mass is 477 g/mol. The third-order valence-corrected chi connectivity index (χ3v) is 7.77. The maximum atomic E-state index is 13.5. The quantitative estimate of drug-likeness (QED) is 0.661. The Labute approximate surface area is 194 Å². The molecule has 0 spiro atoms. The van der Waals surface area contributed by atoms with E-state index in [4.69, 9.17) is 17.3 Å². The van der Waals surface area contributed by atoms with Gasteiger partial charge in [0, 0.05) is 37.0 Å². The van der Waals surface area contributed by atoms with Crippen molar-refractivity contribution in [2.45, 2.75) is 38.0 Å². The van der Waals surface area contributed by atoms with Crippen LogP contribution >= 0.6 is 11.6 Å². The first-order chi connectivity index (χ1) is 15.1. The fourth-order valence-corrected chi connectivity index (χ4v) is 5.56. The number of anilines is 1. The molecule has 0 aromatic heterocycles. The zero-order valence-electron chi connectivity index (χ0n) is 18.3. The highest BCUT2D eigenvalue weighted by molar-refractivity contribution is 7.92. The van der Waals surface area contributed by atoms with Crippen LogP contribution in [0.3, 0.4) is 0 Å². The van der Waals surface area contributed by atoms with Gasteiger partial charge in [-0.1, -0.05) is 17.7 Å². The van der Waals surface area contributed by atoms with Gasteiger partial charge < -0.3 is 10.6 Å². The van der Waals surface area contributed by atoms with Crippen LogP contribution in [0.5, 0.6) is 0 Å². The summed E-state index contributed by atoms with van der Waals surface area (Å²) in [6.07, 6.45) is 1.09. The lowest BCUT2D eigenvalue weighted by atomic mass is 9.96. The van der Waals surface area contributed by atoms with Gasteiger partial charge in [-0.25, -0.2) is 8.42 Å². The zero-order valence-corrected chi connectivity index (χ0v) is 19.8. The molecule has 1 heterocycles. The van der Waals surface area contributed by atoms with E-state index in [-0.39, 0.29) is 35.6 Å². The van der Waals surface area contributed by atoms with Crippen molar-refractivity contribution in [3.05, 3.63) is 58.6 Å². The predicted molar refractivity (Wildman–Crippen MR) is 125 cm³/mol. The minimum Gasteiger partial charge on any atom is -0.369 e. The van der Waals surface area contributed by atoms with E-state index in [1.165, 1.54) is 28.6 Å². The Morgan fingerprint density at radius 2 is 1.62 bits per heavy atom. The minimum atomic E-state index is -3.91. The number of nitrogens with zero attached hydrogens (tertiary/aromatic N) is 2. The number of hydrogen-bond donors (Lipinski definition) is 1. The molecule has 0 aliphatic carbocycles. The van der Waals surface area contributed by atoms with Gasteiger partial charge in [-0.15, -0.1) is 0 Å². The number of benzene rings is 2. The smallest absolute Gasteiger partial charge is 0.264 e. The Bertz CT molecular complexity index is 1070. The van der Waals surface area contributed by atoms with Gasteiger partial charge >= 0.3 is 0 Å². The third kappa shape index (κ3) is 5.61. The van der Waals surface area contributed by atoms with E-state index in [9.17, 15) is 18.0 Å². The molecule has 1 aliphatic heterocycles. The highest BCUT2D eigenvalue weighted by Gasteiger charge is 2.29. The number of amides is 2. The Kier molecular flexibility index (Phi) is 7.46. The fraction of sp³-hybridized carbons (Fsp3) is 0.391. The van der Waals surface area contributed by atoms with Crippen LogP contribution in [0.4, 0.5) is 5.69 Å². The normalized spacial score (nSPS) is 14.9. The summed E-state index contributed by atoms with van der Waals surface area (Å²) >= 11 is 5.93. The highest BCUT2D eigenvalue weighted by Crippen LogP contribution is 2.27. The van der Waals surface area contributed by atoms with E-state index >= 15 is 0 Å². The molecule has 2 aromatic carbocycles. The molecule has 172 valence electrons. The van der Waals surface area contributed by atoms with Gasteiger partial charge in [0.25, 0.3) is 10.0 Å². The molecule has 3 rings (SSSR count). The average molecular weight is 478 g/mol. The Balaban J connectivity index is 1.83. The molecule has 1 saturated heterocycles. The number of primary amides is 1. The van der Waals surface area contributed by atoms with E-state index in [1.54, 1.807) is 17.0 Å². The second-order valence-corrected chi connectivity index (χ2v) is 10.5. The molecular formula is C23H28ClN3O4S. The van der Waals surface area contributed by atoms with E-state index in [0.29, 0.717) is 36.6 Å². The first kappa shape index (κ1) is 24.1. The van der Waals surface area contributed by atoms with Crippen LogP contribution < -0.4 is 10.0 Å². The molecule has 2 aromatic rings. The van der Waals surface area contributed by atoms with Crippen LogP contribution in [0.15, 0.2) is 47.4 Å². The third-order valence-electron chi connectivity index (χ3n) is 5.67. The maximum absolute atomic E-state index is 13.5. The summed E-state index contributed by atoms with van der Waals surface area (Å²) in [6, 6.07) is 11.5. The van der Waals surface area contributed by atoms with Crippen molar-refractivity contribution in [3.8, 4) is 0 Å². The Hall–Kier alpha value is -2.58. The lowest BCUT2D eigenvalue weighted by Crippen LogP contribution is -2.43. The second kappa shape index (κ2) is 9.92. The molecule has 7 nitrogen and oxygen atoms in total. The fourth-order valence-electron chi connectivity index (χ4n) is 3.99. The lowest BCUT2D eigenvalue weighted by Gasteiger charge is -2.31. The number of sulfonamides is 1. The zero-order chi connectivity index (χ0) is 23.5. The van der Waals surface area contributed by atoms with E-state index in [0.717, 1.165) is 11.1 Å². The lowest BCUT2D eigenvalue weighted by molar-refractivity contribution is -0.134. The van der Waals surface area contributed by atoms with Crippen molar-refractivity contribution in [1.82, 2.24) is 4.90 Å². The SMILES string of the molecule is Cc1cc(C)cc(N(CCC(=O)N2CCC(C(N)=O)CC2)S(=O)(=O)c2ccc(Cl)cc2)c1. The van der Waals surface area contributed by atoms with Crippen molar-refractivity contribution in [1.29, 1.82) is 0 Å². The van der Waals surface area contributed by atoms with E-state index < -0.39 is 10.0 Å². The molecule has 0 unspecified atom stereocenters. The van der Waals surface area contributed by atoms with Crippen LogP contribution in [-0.2, 0) is 19.6 Å². The second-order valence-electron chi connectivity index (χ2n) is 8.18. The summed E-state index contributed by atoms with van der Waals surface area (Å²) in [4.78, 5) is 26.0. The largest absolute Gasteiger partial charge is 0.369 e. The number of halogens is 1. The predicted octanol–water partition coefficient (Wildman–Crippen LogP) is 3.27. The topological polar surface area (TPSA) is 101 Å². The van der Waals surface area contributed by atoms with Crippen LogP contribution in [0, 0.1) is 19.8 Å². The van der Waals surface area contributed by atoms with E-state index in [2.05, 4.69) is 0 Å². The summed E-state index contributed by atoms with van der Waals surface area (Å²) in [7, 11) is -3.91. The Morgan fingerprint density at radius 3 is 2.16 bits per heavy atom. The molecule has 1 aliphatic rings. The van der Waals surface area contributed by atoms with Crippen LogP contribution in [0.25, 0.3) is 0 Å². The number of hydrogen-bond acceptors (Lipinski definition) is 4. The van der Waals surface area contributed by atoms with Gasteiger partial charge in [0.2, 0.25) is 11.8 Å². The number of piperidine rings is 1. The number of nitrogens with two attached hydrogens (primary N) is 1. The molecule has 9 heteroatoms. The molecule has 0 saturated carbocycles. The summed E-state index contributed by atoms with van der Waals surface area (Å²) in [5, 5.41) is 0.441. The van der Waals surface area contributed by atoms with Crippen molar-refractivity contribution < 1.29 is 18.0 Å². The van der Waals surface area contributed by atoms with Gasteiger partial charge in [-0.05, 0) is 74.2 Å². The van der Waals surface area contributed by atoms with E-state index in [1.807, 2.05) is 19.9 Å². The summed E-state index contributed by atoms with van der Waals surface area (Å²) in [5.41, 5.74) is 7.73. The number of carbonyl (C=O) groups excluding carboxylic acids is 2. The van der Waals surface area contributed by atoms with Gasteiger partial charge in [0.1, 0.15) is 0 Å². The van der Waals surface area contributed by atoms with Crippen molar-refractivity contribution in [3.63, 3.8) is 0 Å². The summed E-state index contributed by atoms with van der Waals surface area (Å²) < 4.78 is 28.2. The molecular weight excluding hydrogens is 450 g/mol. The molecule has 32 heavy (non-hydrogen) atoms. The van der Waals surface area contributed by atoms with Crippen molar-refractivity contribution in [2.75, 3.05) is 23.9 Å². The minimum absolute atomic E-state index is 0.00242. The first-order valence-corrected chi connectivity index (χ1v) is 12.3. The van der Waals surface area contributed by atoms with Gasteiger partial charge in [0.05, 0.1) is 10.6 Å². The Morgan fingerprint density at radius 1 is 1.06 bits per heavy atom. The highest BCUT2D eigenvalue weighted by atomic mass is 35.5. The number of aryl methyl sites for hydroxylation is 2. The first-order valence-electron chi connectivity index (χ1n) is 10.5. The molecule has 0 radical (unpaired) electrons.